The van der Waals surface area contributed by atoms with Crippen molar-refractivity contribution in [1.82, 2.24) is 9.78 Å². The molecule has 0 bridgehead atoms. The summed E-state index contributed by atoms with van der Waals surface area (Å²) in [4.78, 5) is 0. The van der Waals surface area contributed by atoms with Crippen LogP contribution in [0.15, 0.2) is 12.4 Å². The van der Waals surface area contributed by atoms with Crippen LogP contribution < -0.4 is 5.73 Å². The molecule has 0 aliphatic carbocycles. The van der Waals surface area contributed by atoms with Crippen molar-refractivity contribution in [1.29, 1.82) is 0 Å². The van der Waals surface area contributed by atoms with Crippen molar-refractivity contribution in [3.8, 4) is 0 Å². The van der Waals surface area contributed by atoms with Crippen molar-refractivity contribution < 1.29 is 5.11 Å². The average Bonchev–Trinajstić information content (AvgIpc) is 2.47. The molecule has 1 aromatic heterocycles. The van der Waals surface area contributed by atoms with Gasteiger partial charge in [-0.25, -0.2) is 0 Å². The lowest BCUT2D eigenvalue weighted by Crippen LogP contribution is -2.20. The third kappa shape index (κ3) is 3.76. The molecule has 0 radical (unpaired) electrons. The average molecular weight is 206 g/mol. The number of aliphatic hydroxyl groups excluding tert-OH is 1. The molecule has 0 amide bonds. The number of hydrogen-bond acceptors (Lipinski definition) is 3. The summed E-state index contributed by atoms with van der Waals surface area (Å²) in [7, 11) is 1.87. The molecular formula is C8H16ClN3O. The lowest BCUT2D eigenvalue weighted by atomic mass is 10.0. The monoisotopic (exact) mass is 205 g/mol. The first-order valence-electron chi connectivity index (χ1n) is 4.04. The first-order chi connectivity index (χ1) is 5.76. The van der Waals surface area contributed by atoms with Gasteiger partial charge in [-0.15, -0.1) is 12.4 Å². The van der Waals surface area contributed by atoms with Gasteiger partial charge in [0.1, 0.15) is 0 Å². The van der Waals surface area contributed by atoms with Crippen LogP contribution in [0.25, 0.3) is 0 Å². The topological polar surface area (TPSA) is 64.1 Å². The Morgan fingerprint density at radius 2 is 2.38 bits per heavy atom. The zero-order valence-electron chi connectivity index (χ0n) is 7.68. The minimum absolute atomic E-state index is 0. The molecule has 1 aromatic rings. The molecule has 1 atom stereocenters. The van der Waals surface area contributed by atoms with Crippen molar-refractivity contribution in [3.63, 3.8) is 0 Å². The first-order valence-corrected chi connectivity index (χ1v) is 4.04. The largest absolute Gasteiger partial charge is 0.396 e. The molecule has 0 unspecified atom stereocenters. The van der Waals surface area contributed by atoms with Gasteiger partial charge in [0, 0.05) is 19.9 Å². The maximum Gasteiger partial charge on any atom is 0.0521 e. The molecule has 76 valence electrons. The number of nitrogens with two attached hydrogens (primary N) is 1. The second-order valence-corrected chi connectivity index (χ2v) is 3.01. The minimum Gasteiger partial charge on any atom is -0.396 e. The predicted octanol–water partition coefficient (Wildman–Crippen LogP) is -0.0484. The molecule has 0 saturated heterocycles. The summed E-state index contributed by atoms with van der Waals surface area (Å²) in [5, 5.41) is 12.9. The highest BCUT2D eigenvalue weighted by Crippen LogP contribution is 2.05. The van der Waals surface area contributed by atoms with Crippen LogP contribution in [0.3, 0.4) is 0 Å². The van der Waals surface area contributed by atoms with Crippen molar-refractivity contribution >= 4 is 12.4 Å². The number of halogens is 1. The van der Waals surface area contributed by atoms with E-state index in [1.807, 2.05) is 13.2 Å². The summed E-state index contributed by atoms with van der Waals surface area (Å²) in [6.07, 6.45) is 4.55. The van der Waals surface area contributed by atoms with Gasteiger partial charge in [-0.2, -0.15) is 5.10 Å². The van der Waals surface area contributed by atoms with Gasteiger partial charge >= 0.3 is 0 Å². The van der Waals surface area contributed by atoms with Crippen molar-refractivity contribution in [2.24, 2.45) is 18.7 Å². The molecule has 13 heavy (non-hydrogen) atoms. The molecule has 0 fully saturated rings. The standard InChI is InChI=1S/C8H15N3O.ClH/c1-11-5-8(4-10-11)2-7(3-9)6-12;/h4-5,7,12H,2-3,6,9H2,1H3;1H/t7-;/m1./s1. The van der Waals surface area contributed by atoms with Gasteiger partial charge in [0.25, 0.3) is 0 Å². The molecule has 3 N–H and O–H groups in total. The van der Waals surface area contributed by atoms with E-state index in [-0.39, 0.29) is 24.9 Å². The van der Waals surface area contributed by atoms with E-state index < -0.39 is 0 Å². The molecule has 0 spiro atoms. The van der Waals surface area contributed by atoms with Crippen LogP contribution in [0.2, 0.25) is 0 Å². The smallest absolute Gasteiger partial charge is 0.0521 e. The molecule has 1 heterocycles. The van der Waals surface area contributed by atoms with Gasteiger partial charge in [0.2, 0.25) is 0 Å². The number of hydrogen-bond donors (Lipinski definition) is 2. The normalized spacial score (nSPS) is 12.2. The molecule has 0 aromatic carbocycles. The summed E-state index contributed by atoms with van der Waals surface area (Å²) in [6.45, 7) is 0.663. The Kier molecular flexibility index (Phi) is 5.70. The molecule has 4 nitrogen and oxygen atoms in total. The van der Waals surface area contributed by atoms with E-state index in [1.54, 1.807) is 10.9 Å². The molecule has 0 aliphatic heterocycles. The van der Waals surface area contributed by atoms with Crippen LogP contribution in [0.4, 0.5) is 0 Å². The van der Waals surface area contributed by atoms with E-state index in [0.29, 0.717) is 6.54 Å². The number of aryl methyl sites for hydroxylation is 1. The predicted molar refractivity (Wildman–Crippen MR) is 53.8 cm³/mol. The fourth-order valence-electron chi connectivity index (χ4n) is 1.13. The SMILES string of the molecule is Cl.Cn1cc(C[C@H](CN)CO)cn1. The van der Waals surface area contributed by atoms with Gasteiger partial charge in [-0.1, -0.05) is 0 Å². The van der Waals surface area contributed by atoms with E-state index in [0.717, 1.165) is 12.0 Å². The summed E-state index contributed by atoms with van der Waals surface area (Å²) in [6, 6.07) is 0. The number of rotatable bonds is 4. The van der Waals surface area contributed by atoms with E-state index in [1.165, 1.54) is 0 Å². The molecule has 5 heteroatoms. The van der Waals surface area contributed by atoms with E-state index in [4.69, 9.17) is 10.8 Å². The van der Waals surface area contributed by atoms with Gasteiger partial charge in [0.15, 0.2) is 0 Å². The highest BCUT2D eigenvalue weighted by molar-refractivity contribution is 5.85. The maximum absolute atomic E-state index is 8.89. The highest BCUT2D eigenvalue weighted by atomic mass is 35.5. The Bertz CT molecular complexity index is 235. The zero-order chi connectivity index (χ0) is 8.97. The van der Waals surface area contributed by atoms with E-state index >= 15 is 0 Å². The third-order valence-electron chi connectivity index (χ3n) is 1.87. The molecule has 0 aliphatic rings. The van der Waals surface area contributed by atoms with E-state index in [2.05, 4.69) is 5.10 Å². The van der Waals surface area contributed by atoms with Crippen LogP contribution in [-0.2, 0) is 13.5 Å². The van der Waals surface area contributed by atoms with Crippen LogP contribution in [0, 0.1) is 5.92 Å². The van der Waals surface area contributed by atoms with E-state index in [9.17, 15) is 0 Å². The number of aromatic nitrogens is 2. The first kappa shape index (κ1) is 12.4. The highest BCUT2D eigenvalue weighted by Gasteiger charge is 2.06. The zero-order valence-corrected chi connectivity index (χ0v) is 8.50. The van der Waals surface area contributed by atoms with Gasteiger partial charge in [0.05, 0.1) is 6.20 Å². The van der Waals surface area contributed by atoms with Gasteiger partial charge < -0.3 is 10.8 Å². The fourth-order valence-corrected chi connectivity index (χ4v) is 1.13. The summed E-state index contributed by atoms with van der Waals surface area (Å²) in [5.74, 6) is 0.161. The Balaban J connectivity index is 0.00000144. The van der Waals surface area contributed by atoms with Gasteiger partial charge in [-0.05, 0) is 24.4 Å². The Labute approximate surface area is 84.2 Å². The van der Waals surface area contributed by atoms with Gasteiger partial charge in [-0.3, -0.25) is 4.68 Å². The quantitative estimate of drug-likeness (QED) is 0.725. The van der Waals surface area contributed by atoms with Crippen molar-refractivity contribution in [2.75, 3.05) is 13.2 Å². The van der Waals surface area contributed by atoms with Crippen LogP contribution in [-0.4, -0.2) is 28.0 Å². The van der Waals surface area contributed by atoms with Crippen LogP contribution in [0.5, 0.6) is 0 Å². The number of aliphatic hydroxyl groups is 1. The second-order valence-electron chi connectivity index (χ2n) is 3.01. The summed E-state index contributed by atoms with van der Waals surface area (Å²) in [5.41, 5.74) is 6.58. The lowest BCUT2D eigenvalue weighted by Gasteiger charge is -2.08. The van der Waals surface area contributed by atoms with Crippen molar-refractivity contribution in [2.45, 2.75) is 6.42 Å². The number of nitrogens with zero attached hydrogens (tertiary/aromatic N) is 2. The molecule has 1 rings (SSSR count). The second kappa shape index (κ2) is 5.96. The maximum atomic E-state index is 8.89. The summed E-state index contributed by atoms with van der Waals surface area (Å²) >= 11 is 0. The minimum atomic E-state index is 0. The van der Waals surface area contributed by atoms with Crippen LogP contribution in [0.1, 0.15) is 5.56 Å². The Morgan fingerprint density at radius 3 is 2.77 bits per heavy atom. The third-order valence-corrected chi connectivity index (χ3v) is 1.87. The fraction of sp³-hybridized carbons (Fsp3) is 0.625. The Morgan fingerprint density at radius 1 is 1.69 bits per heavy atom. The van der Waals surface area contributed by atoms with Crippen molar-refractivity contribution in [3.05, 3.63) is 18.0 Å². The summed E-state index contributed by atoms with van der Waals surface area (Å²) < 4.78 is 1.75. The molecular weight excluding hydrogens is 190 g/mol. The lowest BCUT2D eigenvalue weighted by molar-refractivity contribution is 0.230. The molecule has 0 saturated carbocycles. The van der Waals surface area contributed by atoms with Crippen LogP contribution >= 0.6 is 12.4 Å². The Hall–Kier alpha value is -0.580.